The number of aromatic amines is 1. The van der Waals surface area contributed by atoms with Crippen molar-refractivity contribution >= 4 is 45.5 Å². The molecule has 27 heavy (non-hydrogen) atoms. The quantitative estimate of drug-likeness (QED) is 0.450. The molecular formula is C17H13N7O2S. The average molecular weight is 379 g/mol. The van der Waals surface area contributed by atoms with Crippen LogP contribution in [0, 0.1) is 0 Å². The van der Waals surface area contributed by atoms with E-state index >= 15 is 0 Å². The first-order valence-electron chi connectivity index (χ1n) is 8.20. The van der Waals surface area contributed by atoms with Crippen molar-refractivity contribution in [3.05, 3.63) is 48.4 Å². The first-order chi connectivity index (χ1) is 13.3. The monoisotopic (exact) mass is 379 g/mol. The van der Waals surface area contributed by atoms with Crippen molar-refractivity contribution in [2.75, 3.05) is 5.75 Å². The van der Waals surface area contributed by atoms with Gasteiger partial charge in [0.2, 0.25) is 11.1 Å². The Morgan fingerprint density at radius 2 is 2.15 bits per heavy atom. The van der Waals surface area contributed by atoms with Gasteiger partial charge < -0.3 is 14.7 Å². The molecule has 2 N–H and O–H groups in total. The molecule has 0 aliphatic carbocycles. The van der Waals surface area contributed by atoms with Crippen molar-refractivity contribution in [1.82, 2.24) is 35.1 Å². The Morgan fingerprint density at radius 3 is 3.04 bits per heavy atom. The van der Waals surface area contributed by atoms with E-state index in [4.69, 9.17) is 4.42 Å². The molecule has 0 atom stereocenters. The minimum Gasteiger partial charge on any atom is -0.467 e. The Kier molecular flexibility index (Phi) is 3.75. The van der Waals surface area contributed by atoms with Crippen LogP contribution in [0.25, 0.3) is 27.8 Å². The van der Waals surface area contributed by atoms with Gasteiger partial charge in [0.1, 0.15) is 11.3 Å². The molecule has 9 nitrogen and oxygen atoms in total. The van der Waals surface area contributed by atoms with E-state index < -0.39 is 0 Å². The van der Waals surface area contributed by atoms with Crippen LogP contribution in [0.15, 0.2) is 52.2 Å². The van der Waals surface area contributed by atoms with E-state index in [1.165, 1.54) is 11.8 Å². The van der Waals surface area contributed by atoms with Crippen LogP contribution in [-0.4, -0.2) is 41.4 Å². The zero-order valence-electron chi connectivity index (χ0n) is 13.9. The third-order valence-corrected chi connectivity index (χ3v) is 4.96. The number of hydrogen-bond acceptors (Lipinski definition) is 7. The van der Waals surface area contributed by atoms with E-state index in [-0.39, 0.29) is 11.7 Å². The van der Waals surface area contributed by atoms with E-state index in [1.54, 1.807) is 16.8 Å². The molecule has 0 saturated heterocycles. The lowest BCUT2D eigenvalue weighted by Gasteiger charge is -2.02. The van der Waals surface area contributed by atoms with Gasteiger partial charge in [0, 0.05) is 10.9 Å². The van der Waals surface area contributed by atoms with E-state index in [2.05, 4.69) is 30.6 Å². The molecule has 0 fully saturated rings. The molecule has 4 aromatic heterocycles. The van der Waals surface area contributed by atoms with E-state index in [0.717, 1.165) is 16.4 Å². The normalized spacial score (nSPS) is 11.6. The Morgan fingerprint density at radius 1 is 1.22 bits per heavy atom. The van der Waals surface area contributed by atoms with Crippen molar-refractivity contribution < 1.29 is 9.21 Å². The number of thioether (sulfide) groups is 1. The van der Waals surface area contributed by atoms with Crippen molar-refractivity contribution in [2.24, 2.45) is 0 Å². The van der Waals surface area contributed by atoms with E-state index in [1.807, 2.05) is 30.3 Å². The van der Waals surface area contributed by atoms with Gasteiger partial charge in [-0.25, -0.2) is 0 Å². The Hall–Kier alpha value is -3.40. The molecule has 0 spiro atoms. The second-order valence-corrected chi connectivity index (χ2v) is 6.76. The largest absolute Gasteiger partial charge is 0.467 e. The minimum atomic E-state index is -0.130. The summed E-state index contributed by atoms with van der Waals surface area (Å²) in [6.45, 7) is 0.350. The third kappa shape index (κ3) is 2.89. The predicted molar refractivity (Wildman–Crippen MR) is 99.2 cm³/mol. The molecule has 10 heteroatoms. The van der Waals surface area contributed by atoms with E-state index in [0.29, 0.717) is 28.9 Å². The average Bonchev–Trinajstić information content (AvgIpc) is 3.41. The highest BCUT2D eigenvalue weighted by Crippen LogP contribution is 2.23. The van der Waals surface area contributed by atoms with Gasteiger partial charge in [-0.15, -0.1) is 10.2 Å². The van der Waals surface area contributed by atoms with Gasteiger partial charge in [-0.1, -0.05) is 30.0 Å². The Bertz CT molecular complexity index is 1260. The van der Waals surface area contributed by atoms with Crippen molar-refractivity contribution in [3.63, 3.8) is 0 Å². The molecule has 5 rings (SSSR count). The Balaban J connectivity index is 1.38. The molecule has 0 saturated carbocycles. The third-order valence-electron chi connectivity index (χ3n) is 4.04. The zero-order valence-corrected chi connectivity index (χ0v) is 14.7. The number of nitrogens with one attached hydrogen (secondary N) is 2. The van der Waals surface area contributed by atoms with Gasteiger partial charge in [-0.2, -0.15) is 14.6 Å². The second kappa shape index (κ2) is 6.40. The molecule has 0 radical (unpaired) electrons. The van der Waals surface area contributed by atoms with Crippen LogP contribution in [-0.2, 0) is 11.3 Å². The van der Waals surface area contributed by atoms with Crippen LogP contribution in [0.3, 0.4) is 0 Å². The molecule has 0 unspecified atom stereocenters. The van der Waals surface area contributed by atoms with Crippen LogP contribution in [0.1, 0.15) is 5.76 Å². The molecular weight excluding hydrogens is 366 g/mol. The molecule has 0 bridgehead atoms. The highest BCUT2D eigenvalue weighted by molar-refractivity contribution is 7.99. The molecule has 0 aliphatic rings. The van der Waals surface area contributed by atoms with Gasteiger partial charge in [0.05, 0.1) is 18.6 Å². The number of carbonyl (C=O) groups is 1. The fourth-order valence-electron chi connectivity index (χ4n) is 2.78. The lowest BCUT2D eigenvalue weighted by molar-refractivity contribution is -0.118. The minimum absolute atomic E-state index is 0.130. The van der Waals surface area contributed by atoms with Crippen LogP contribution in [0.2, 0.25) is 0 Å². The molecule has 5 aromatic rings. The number of nitrogens with zero attached hydrogens (tertiary/aromatic N) is 5. The summed E-state index contributed by atoms with van der Waals surface area (Å²) >= 11 is 1.25. The summed E-state index contributed by atoms with van der Waals surface area (Å²) in [6, 6.07) is 11.4. The number of H-pyrrole nitrogens is 1. The second-order valence-electron chi connectivity index (χ2n) is 5.82. The number of amides is 1. The summed E-state index contributed by atoms with van der Waals surface area (Å²) in [7, 11) is 0. The van der Waals surface area contributed by atoms with Gasteiger partial charge in [-0.05, 0) is 18.2 Å². The lowest BCUT2D eigenvalue weighted by atomic mass is 10.2. The molecule has 134 valence electrons. The van der Waals surface area contributed by atoms with Crippen LogP contribution < -0.4 is 5.32 Å². The SMILES string of the molecule is O=C(CSc1nnc2nc3[nH]c4ccccc4c3nn12)NCc1ccco1. The number of carbonyl (C=O) groups excluding carboxylic acids is 1. The fourth-order valence-corrected chi connectivity index (χ4v) is 3.49. The maximum absolute atomic E-state index is 12.0. The van der Waals surface area contributed by atoms with Crippen LogP contribution in [0.5, 0.6) is 0 Å². The lowest BCUT2D eigenvalue weighted by Crippen LogP contribution is -2.24. The number of fused-ring (bicyclic) bond motifs is 4. The van der Waals surface area contributed by atoms with Crippen molar-refractivity contribution in [2.45, 2.75) is 11.7 Å². The molecule has 0 aliphatic heterocycles. The predicted octanol–water partition coefficient (Wildman–Crippen LogP) is 2.16. The zero-order chi connectivity index (χ0) is 18.2. The smallest absolute Gasteiger partial charge is 0.274 e. The first kappa shape index (κ1) is 15.8. The van der Waals surface area contributed by atoms with Gasteiger partial charge >= 0.3 is 0 Å². The summed E-state index contributed by atoms with van der Waals surface area (Å²) in [4.78, 5) is 19.7. The molecule has 1 aromatic carbocycles. The highest BCUT2D eigenvalue weighted by Gasteiger charge is 2.15. The topological polar surface area (TPSA) is 114 Å². The molecule has 1 amide bonds. The Labute approximate surface area is 156 Å². The fraction of sp³-hybridized carbons (Fsp3) is 0.118. The summed E-state index contributed by atoms with van der Waals surface area (Å²) in [5, 5.41) is 17.1. The summed E-state index contributed by atoms with van der Waals surface area (Å²) in [5.74, 6) is 1.14. The number of hydrogen-bond donors (Lipinski definition) is 2. The van der Waals surface area contributed by atoms with Gasteiger partial charge in [0.15, 0.2) is 5.65 Å². The van der Waals surface area contributed by atoms with Gasteiger partial charge in [0.25, 0.3) is 5.78 Å². The van der Waals surface area contributed by atoms with Gasteiger partial charge in [-0.3, -0.25) is 4.79 Å². The highest BCUT2D eigenvalue weighted by atomic mass is 32.2. The summed E-state index contributed by atoms with van der Waals surface area (Å²) in [6.07, 6.45) is 1.57. The summed E-state index contributed by atoms with van der Waals surface area (Å²) in [5.41, 5.74) is 2.35. The number of benzene rings is 1. The van der Waals surface area contributed by atoms with Crippen LogP contribution >= 0.6 is 11.8 Å². The van der Waals surface area contributed by atoms with Crippen LogP contribution in [0.4, 0.5) is 0 Å². The first-order valence-corrected chi connectivity index (χ1v) is 9.18. The van der Waals surface area contributed by atoms with Crippen molar-refractivity contribution in [3.8, 4) is 0 Å². The number of aromatic nitrogens is 6. The number of rotatable bonds is 5. The molecule has 4 heterocycles. The number of para-hydroxylation sites is 1. The van der Waals surface area contributed by atoms with E-state index in [9.17, 15) is 4.79 Å². The number of furan rings is 1. The summed E-state index contributed by atoms with van der Waals surface area (Å²) < 4.78 is 6.75. The maximum Gasteiger partial charge on any atom is 0.274 e. The standard InChI is InChI=1S/C17H13N7O2S/c25-13(18-8-10-4-3-7-26-10)9-27-17-22-21-16-20-15-14(23-24(16)17)11-5-1-2-6-12(11)19-15/h1-7H,8-9H2,(H,18,25)(H,19,20,21). The maximum atomic E-state index is 12.0. The van der Waals surface area contributed by atoms with Crippen molar-refractivity contribution in [1.29, 1.82) is 0 Å².